The van der Waals surface area contributed by atoms with E-state index in [0.717, 1.165) is 12.8 Å². The van der Waals surface area contributed by atoms with Crippen molar-refractivity contribution in [2.24, 2.45) is 5.73 Å². The molecule has 4 heteroatoms. The zero-order valence-corrected chi connectivity index (χ0v) is 8.29. The molecule has 0 aromatic carbocycles. The van der Waals surface area contributed by atoms with Gasteiger partial charge in [-0.15, -0.1) is 0 Å². The van der Waals surface area contributed by atoms with E-state index in [9.17, 15) is 9.59 Å². The maximum absolute atomic E-state index is 11.4. The van der Waals surface area contributed by atoms with Crippen LogP contribution < -0.4 is 5.73 Å². The van der Waals surface area contributed by atoms with Crippen molar-refractivity contribution >= 4 is 11.8 Å². The van der Waals surface area contributed by atoms with E-state index < -0.39 is 12.0 Å². The topological polar surface area (TPSA) is 69.4 Å². The second-order valence-corrected chi connectivity index (χ2v) is 3.20. The Morgan fingerprint density at radius 2 is 2.43 bits per heavy atom. The number of rotatable bonds is 3. The Labute approximate surface area is 83.1 Å². The van der Waals surface area contributed by atoms with Gasteiger partial charge >= 0.3 is 5.97 Å². The van der Waals surface area contributed by atoms with Crippen LogP contribution in [0.1, 0.15) is 26.2 Å². The Bertz CT molecular complexity index is 271. The number of esters is 1. The molecule has 0 radical (unpaired) electrons. The number of carbonyl (C=O) groups excluding carboxylic acids is 2. The van der Waals surface area contributed by atoms with Crippen molar-refractivity contribution in [2.75, 3.05) is 6.61 Å². The third-order valence-electron chi connectivity index (χ3n) is 2.17. The van der Waals surface area contributed by atoms with Crippen LogP contribution in [-0.2, 0) is 14.3 Å². The number of Topliss-reactive ketones (excluding diaryl/α,β-unsaturated/α-hetero) is 1. The molecule has 4 nitrogen and oxygen atoms in total. The lowest BCUT2D eigenvalue weighted by Crippen LogP contribution is -2.37. The first kappa shape index (κ1) is 10.9. The third kappa shape index (κ3) is 2.42. The number of ketones is 1. The largest absolute Gasteiger partial charge is 0.465 e. The van der Waals surface area contributed by atoms with E-state index in [0.29, 0.717) is 12.0 Å². The van der Waals surface area contributed by atoms with Crippen LogP contribution in [0.3, 0.4) is 0 Å². The molecule has 0 unspecified atom stereocenters. The van der Waals surface area contributed by atoms with E-state index >= 15 is 0 Å². The van der Waals surface area contributed by atoms with Crippen LogP contribution in [0, 0.1) is 0 Å². The van der Waals surface area contributed by atoms with Gasteiger partial charge in [0.15, 0.2) is 5.78 Å². The summed E-state index contributed by atoms with van der Waals surface area (Å²) in [4.78, 5) is 22.6. The maximum Gasteiger partial charge on any atom is 0.327 e. The van der Waals surface area contributed by atoms with Crippen molar-refractivity contribution in [1.29, 1.82) is 0 Å². The predicted molar refractivity (Wildman–Crippen MR) is 51.5 cm³/mol. The van der Waals surface area contributed by atoms with Crippen molar-refractivity contribution in [3.8, 4) is 0 Å². The zero-order valence-electron chi connectivity index (χ0n) is 8.29. The zero-order chi connectivity index (χ0) is 10.6. The van der Waals surface area contributed by atoms with Crippen LogP contribution in [0.25, 0.3) is 0 Å². The molecular weight excluding hydrogens is 182 g/mol. The van der Waals surface area contributed by atoms with Gasteiger partial charge in [-0.1, -0.05) is 6.08 Å². The highest BCUT2D eigenvalue weighted by atomic mass is 16.5. The highest BCUT2D eigenvalue weighted by Crippen LogP contribution is 2.16. The second-order valence-electron chi connectivity index (χ2n) is 3.20. The number of carbonyl (C=O) groups is 2. The molecule has 1 aliphatic rings. The molecular formula is C10H15NO3. The molecule has 2 N–H and O–H groups in total. The quantitative estimate of drug-likeness (QED) is 0.671. The fourth-order valence-corrected chi connectivity index (χ4v) is 1.44. The van der Waals surface area contributed by atoms with Crippen LogP contribution in [0.2, 0.25) is 0 Å². The molecule has 0 aromatic heterocycles. The average Bonchev–Trinajstić information content (AvgIpc) is 2.18. The molecule has 1 aliphatic carbocycles. The van der Waals surface area contributed by atoms with Gasteiger partial charge in [-0.2, -0.15) is 0 Å². The first-order valence-electron chi connectivity index (χ1n) is 4.82. The molecule has 1 atom stereocenters. The molecule has 0 saturated carbocycles. The van der Waals surface area contributed by atoms with E-state index in [1.54, 1.807) is 13.0 Å². The van der Waals surface area contributed by atoms with Gasteiger partial charge in [-0.3, -0.25) is 4.79 Å². The van der Waals surface area contributed by atoms with Gasteiger partial charge in [0.1, 0.15) is 6.04 Å². The second kappa shape index (κ2) is 4.91. The first-order valence-corrected chi connectivity index (χ1v) is 4.82. The van der Waals surface area contributed by atoms with Gasteiger partial charge in [-0.25, -0.2) is 4.79 Å². The summed E-state index contributed by atoms with van der Waals surface area (Å²) < 4.78 is 4.75. The van der Waals surface area contributed by atoms with Gasteiger partial charge in [-0.05, 0) is 19.8 Å². The minimum Gasteiger partial charge on any atom is -0.465 e. The van der Waals surface area contributed by atoms with Crippen molar-refractivity contribution in [3.05, 3.63) is 11.6 Å². The van der Waals surface area contributed by atoms with Gasteiger partial charge in [0.25, 0.3) is 0 Å². The highest BCUT2D eigenvalue weighted by molar-refractivity contribution is 6.02. The minimum absolute atomic E-state index is 0.0307. The molecule has 0 aromatic rings. The van der Waals surface area contributed by atoms with Crippen LogP contribution in [0.5, 0.6) is 0 Å². The van der Waals surface area contributed by atoms with Crippen molar-refractivity contribution in [2.45, 2.75) is 32.2 Å². The number of allylic oxidation sites excluding steroid dienone is 1. The third-order valence-corrected chi connectivity index (χ3v) is 2.17. The number of hydrogen-bond donors (Lipinski definition) is 1. The number of hydrogen-bond acceptors (Lipinski definition) is 4. The lowest BCUT2D eigenvalue weighted by molar-refractivity contribution is -0.144. The smallest absolute Gasteiger partial charge is 0.327 e. The van der Waals surface area contributed by atoms with Crippen LogP contribution >= 0.6 is 0 Å². The Hall–Kier alpha value is -1.16. The molecule has 0 heterocycles. The molecule has 78 valence electrons. The van der Waals surface area contributed by atoms with Crippen molar-refractivity contribution in [3.63, 3.8) is 0 Å². The molecule has 0 spiro atoms. The van der Waals surface area contributed by atoms with Crippen LogP contribution in [0.15, 0.2) is 11.6 Å². The summed E-state index contributed by atoms with van der Waals surface area (Å²) in [5.74, 6) is -0.550. The predicted octanol–water partition coefficient (Wildman–Crippen LogP) is 0.556. The average molecular weight is 197 g/mol. The SMILES string of the molecule is CCOC(=O)[C@@H](N)C1=CCCCC1=O. The highest BCUT2D eigenvalue weighted by Gasteiger charge is 2.26. The fourth-order valence-electron chi connectivity index (χ4n) is 1.44. The molecule has 0 fully saturated rings. The van der Waals surface area contributed by atoms with Crippen LogP contribution in [-0.4, -0.2) is 24.4 Å². The maximum atomic E-state index is 11.4. The van der Waals surface area contributed by atoms with E-state index in [1.165, 1.54) is 0 Å². The van der Waals surface area contributed by atoms with E-state index in [4.69, 9.17) is 10.5 Å². The Morgan fingerprint density at radius 1 is 1.71 bits per heavy atom. The standard InChI is InChI=1S/C10H15NO3/c1-2-14-10(13)9(11)7-5-3-4-6-8(7)12/h5,9H,2-4,6,11H2,1H3/t9-/m0/s1. The summed E-state index contributed by atoms with van der Waals surface area (Å²) in [6, 6.07) is -0.900. The number of nitrogens with two attached hydrogens (primary N) is 1. The Balaban J connectivity index is 2.67. The molecule has 0 aliphatic heterocycles. The van der Waals surface area contributed by atoms with Gasteiger partial charge in [0.2, 0.25) is 0 Å². The number of ether oxygens (including phenoxy) is 1. The van der Waals surface area contributed by atoms with Crippen molar-refractivity contribution < 1.29 is 14.3 Å². The normalized spacial score (nSPS) is 18.7. The van der Waals surface area contributed by atoms with Gasteiger partial charge in [0.05, 0.1) is 6.61 Å². The van der Waals surface area contributed by atoms with E-state index in [2.05, 4.69) is 0 Å². The van der Waals surface area contributed by atoms with Gasteiger partial charge in [0, 0.05) is 12.0 Å². The van der Waals surface area contributed by atoms with Crippen LogP contribution in [0.4, 0.5) is 0 Å². The first-order chi connectivity index (χ1) is 6.66. The fraction of sp³-hybridized carbons (Fsp3) is 0.600. The monoisotopic (exact) mass is 197 g/mol. The lowest BCUT2D eigenvalue weighted by atomic mass is 9.93. The molecule has 0 amide bonds. The summed E-state index contributed by atoms with van der Waals surface area (Å²) in [5, 5.41) is 0. The summed E-state index contributed by atoms with van der Waals surface area (Å²) in [6.07, 6.45) is 3.89. The Kier molecular flexibility index (Phi) is 3.83. The lowest BCUT2D eigenvalue weighted by Gasteiger charge is -2.16. The summed E-state index contributed by atoms with van der Waals surface area (Å²) in [6.45, 7) is 2.00. The summed E-state index contributed by atoms with van der Waals surface area (Å²) >= 11 is 0. The summed E-state index contributed by atoms with van der Waals surface area (Å²) in [5.41, 5.74) is 6.02. The minimum atomic E-state index is -0.900. The molecule has 0 bridgehead atoms. The molecule has 1 rings (SSSR count). The van der Waals surface area contributed by atoms with Crippen molar-refractivity contribution in [1.82, 2.24) is 0 Å². The van der Waals surface area contributed by atoms with E-state index in [-0.39, 0.29) is 12.4 Å². The molecule has 0 saturated heterocycles. The molecule has 14 heavy (non-hydrogen) atoms. The Morgan fingerprint density at radius 3 is 3.00 bits per heavy atom. The van der Waals surface area contributed by atoms with Gasteiger partial charge < -0.3 is 10.5 Å². The summed E-state index contributed by atoms with van der Waals surface area (Å²) in [7, 11) is 0. The van der Waals surface area contributed by atoms with E-state index in [1.807, 2.05) is 0 Å².